The quantitative estimate of drug-likeness (QED) is 0.402. The summed E-state index contributed by atoms with van der Waals surface area (Å²) in [5, 5.41) is 12.6. The van der Waals surface area contributed by atoms with Gasteiger partial charge in [-0.25, -0.2) is 28.1 Å². The third-order valence-electron chi connectivity index (χ3n) is 6.09. The van der Waals surface area contributed by atoms with Crippen LogP contribution in [-0.4, -0.2) is 34.5 Å². The van der Waals surface area contributed by atoms with Gasteiger partial charge < -0.3 is 5.32 Å². The number of fused-ring (bicyclic) bond motifs is 1. The molecule has 2 atom stereocenters. The number of carbonyl (C=O) groups is 1. The Kier molecular flexibility index (Phi) is 8.10. The van der Waals surface area contributed by atoms with Crippen LogP contribution >= 0.6 is 11.8 Å². The van der Waals surface area contributed by atoms with Crippen molar-refractivity contribution in [3.05, 3.63) is 65.1 Å². The molecule has 2 N–H and O–H groups in total. The first-order valence-electron chi connectivity index (χ1n) is 12.0. The van der Waals surface area contributed by atoms with Crippen LogP contribution in [0.4, 0.5) is 11.6 Å². The van der Waals surface area contributed by atoms with Crippen LogP contribution in [0, 0.1) is 24.2 Å². The maximum absolute atomic E-state index is 13.0. The molecule has 2 heterocycles. The van der Waals surface area contributed by atoms with E-state index in [0.717, 1.165) is 30.5 Å². The van der Waals surface area contributed by atoms with Crippen LogP contribution in [0.3, 0.4) is 0 Å². The number of nitriles is 1. The van der Waals surface area contributed by atoms with E-state index >= 15 is 0 Å². The lowest BCUT2D eigenvalue weighted by molar-refractivity contribution is -0.115. The van der Waals surface area contributed by atoms with Crippen LogP contribution in [0.5, 0.6) is 0 Å². The van der Waals surface area contributed by atoms with Crippen LogP contribution in [0.2, 0.25) is 0 Å². The smallest absolute Gasteiger partial charge is 0.264 e. The number of aromatic nitrogens is 3. The van der Waals surface area contributed by atoms with Crippen molar-refractivity contribution in [1.82, 2.24) is 15.0 Å². The first kappa shape index (κ1) is 26.6. The second kappa shape index (κ2) is 11.3. The zero-order valence-electron chi connectivity index (χ0n) is 20.9. The molecule has 37 heavy (non-hydrogen) atoms. The minimum absolute atomic E-state index is 0.0118. The van der Waals surface area contributed by atoms with Crippen molar-refractivity contribution in [3.8, 4) is 6.07 Å². The van der Waals surface area contributed by atoms with Gasteiger partial charge in [-0.3, -0.25) is 4.79 Å². The number of amides is 1. The molecule has 0 aliphatic heterocycles. The van der Waals surface area contributed by atoms with E-state index in [2.05, 4.69) is 33.0 Å². The second-order valence-electron chi connectivity index (χ2n) is 9.06. The predicted octanol–water partition coefficient (Wildman–Crippen LogP) is 4.49. The predicted molar refractivity (Wildman–Crippen MR) is 143 cm³/mol. The van der Waals surface area contributed by atoms with Gasteiger partial charge in [0.15, 0.2) is 0 Å². The lowest BCUT2D eigenvalue weighted by Gasteiger charge is -2.22. The second-order valence-corrected chi connectivity index (χ2v) is 11.9. The van der Waals surface area contributed by atoms with E-state index in [1.54, 1.807) is 13.0 Å². The lowest BCUT2D eigenvalue weighted by atomic mass is 9.87. The van der Waals surface area contributed by atoms with Gasteiger partial charge >= 0.3 is 0 Å². The summed E-state index contributed by atoms with van der Waals surface area (Å²) in [7, 11) is -3.89. The molecule has 2 unspecified atom stereocenters. The normalized spacial score (nSPS) is 15.8. The van der Waals surface area contributed by atoms with Gasteiger partial charge in [-0.2, -0.15) is 5.26 Å². The summed E-state index contributed by atoms with van der Waals surface area (Å²) in [4.78, 5) is 25.8. The Morgan fingerprint density at radius 2 is 2.00 bits per heavy atom. The molecule has 4 rings (SSSR count). The average Bonchev–Trinajstić information content (AvgIpc) is 2.86. The molecule has 1 aromatic carbocycles. The minimum Gasteiger partial charge on any atom is -0.325 e. The molecule has 2 aromatic heterocycles. The van der Waals surface area contributed by atoms with Crippen LogP contribution in [0.25, 0.3) is 0 Å². The number of hydrogen-bond acceptors (Lipinski definition) is 8. The molecule has 1 amide bonds. The Bertz CT molecular complexity index is 1450. The van der Waals surface area contributed by atoms with Crippen molar-refractivity contribution in [2.45, 2.75) is 61.6 Å². The van der Waals surface area contributed by atoms with Crippen molar-refractivity contribution < 1.29 is 13.2 Å². The number of benzene rings is 1. The molecule has 1 aliphatic carbocycles. The minimum atomic E-state index is -3.89. The first-order valence-corrected chi connectivity index (χ1v) is 14.4. The fourth-order valence-electron chi connectivity index (χ4n) is 4.07. The van der Waals surface area contributed by atoms with Crippen LogP contribution in [0.1, 0.15) is 49.2 Å². The molecule has 0 radical (unpaired) electrons. The molecule has 1 aliphatic rings. The van der Waals surface area contributed by atoms with Crippen molar-refractivity contribution in [2.24, 2.45) is 5.92 Å². The van der Waals surface area contributed by atoms with Crippen molar-refractivity contribution in [1.29, 1.82) is 5.26 Å². The highest BCUT2D eigenvalue weighted by Crippen LogP contribution is 2.32. The molecular weight excluding hydrogens is 508 g/mol. The molecule has 0 spiro atoms. The van der Waals surface area contributed by atoms with Gasteiger partial charge in [-0.15, -0.1) is 0 Å². The SMILES string of the molecule is CCC(Sc1nc2c(cc1C#N)CC(C)CC2)C(=O)Nc1ccc(S(=O)(=O)Nc2nccc(C)n2)cc1. The number of hydrogen-bond donors (Lipinski definition) is 2. The van der Waals surface area contributed by atoms with E-state index in [1.807, 2.05) is 13.0 Å². The van der Waals surface area contributed by atoms with E-state index in [9.17, 15) is 18.5 Å². The largest absolute Gasteiger partial charge is 0.325 e. The van der Waals surface area contributed by atoms with E-state index in [1.165, 1.54) is 42.2 Å². The number of nitrogens with one attached hydrogen (secondary N) is 2. The number of sulfonamides is 1. The summed E-state index contributed by atoms with van der Waals surface area (Å²) in [6.45, 7) is 5.84. The summed E-state index contributed by atoms with van der Waals surface area (Å²) in [6.07, 6.45) is 4.86. The van der Waals surface area contributed by atoms with Crippen LogP contribution < -0.4 is 10.0 Å². The Labute approximate surface area is 221 Å². The number of anilines is 2. The topological polar surface area (TPSA) is 138 Å². The molecular formula is C26H28N6O3S2. The van der Waals surface area contributed by atoms with Crippen LogP contribution in [0.15, 0.2) is 52.5 Å². The Hall–Kier alpha value is -3.49. The van der Waals surface area contributed by atoms with E-state index in [-0.39, 0.29) is 16.8 Å². The Morgan fingerprint density at radius 1 is 1.24 bits per heavy atom. The average molecular weight is 537 g/mol. The highest BCUT2D eigenvalue weighted by Gasteiger charge is 2.24. The molecule has 192 valence electrons. The maximum atomic E-state index is 13.0. The summed E-state index contributed by atoms with van der Waals surface area (Å²) in [5.41, 5.74) is 3.72. The zero-order valence-corrected chi connectivity index (χ0v) is 22.5. The summed E-state index contributed by atoms with van der Waals surface area (Å²) in [6, 6.07) is 11.7. The standard InChI is InChI=1S/C26H28N6O3S2/c1-4-23(36-25-19(15-27)14-18-13-16(2)5-10-22(18)31-25)24(33)30-20-6-8-21(9-7-20)37(34,35)32-26-28-12-11-17(3)29-26/h6-9,11-12,14,16,23H,4-5,10,13H2,1-3H3,(H,30,33)(H,28,29,32). The third-order valence-corrected chi connectivity index (χ3v) is 8.80. The van der Waals surface area contributed by atoms with Crippen molar-refractivity contribution >= 4 is 39.3 Å². The summed E-state index contributed by atoms with van der Waals surface area (Å²) >= 11 is 1.29. The summed E-state index contributed by atoms with van der Waals surface area (Å²) in [5.74, 6) is 0.315. The van der Waals surface area contributed by atoms with E-state index in [0.29, 0.717) is 34.3 Å². The highest BCUT2D eigenvalue weighted by atomic mass is 32.2. The van der Waals surface area contributed by atoms with E-state index < -0.39 is 15.3 Å². The number of rotatable bonds is 8. The molecule has 0 saturated carbocycles. The fourth-order valence-corrected chi connectivity index (χ4v) is 6.02. The van der Waals surface area contributed by atoms with Crippen molar-refractivity contribution in [2.75, 3.05) is 10.0 Å². The van der Waals surface area contributed by atoms with E-state index in [4.69, 9.17) is 4.98 Å². The van der Waals surface area contributed by atoms with Gasteiger partial charge in [0.2, 0.25) is 11.9 Å². The van der Waals surface area contributed by atoms with Gasteiger partial charge in [0.25, 0.3) is 10.0 Å². The number of pyridine rings is 1. The van der Waals surface area contributed by atoms with Gasteiger partial charge in [-0.1, -0.05) is 25.6 Å². The van der Waals surface area contributed by atoms with Gasteiger partial charge in [0, 0.05) is 23.3 Å². The molecule has 11 heteroatoms. The van der Waals surface area contributed by atoms with Gasteiger partial charge in [0.05, 0.1) is 15.7 Å². The molecule has 9 nitrogen and oxygen atoms in total. The molecule has 0 saturated heterocycles. The number of nitrogens with zero attached hydrogens (tertiary/aromatic N) is 4. The van der Waals surface area contributed by atoms with Crippen molar-refractivity contribution in [3.63, 3.8) is 0 Å². The lowest BCUT2D eigenvalue weighted by Crippen LogP contribution is -2.25. The monoisotopic (exact) mass is 536 g/mol. The maximum Gasteiger partial charge on any atom is 0.264 e. The number of carbonyl (C=O) groups excluding carboxylic acids is 1. The Balaban J connectivity index is 1.45. The van der Waals surface area contributed by atoms with Gasteiger partial charge in [-0.05, 0) is 80.5 Å². The van der Waals surface area contributed by atoms with Gasteiger partial charge in [0.1, 0.15) is 11.1 Å². The third kappa shape index (κ3) is 6.45. The first-order chi connectivity index (χ1) is 17.7. The zero-order chi connectivity index (χ0) is 26.6. The number of aryl methyl sites for hydroxylation is 2. The number of thioether (sulfide) groups is 1. The molecule has 0 fully saturated rings. The fraction of sp³-hybridized carbons (Fsp3) is 0.346. The Morgan fingerprint density at radius 3 is 2.68 bits per heavy atom. The summed E-state index contributed by atoms with van der Waals surface area (Å²) < 4.78 is 27.7. The van der Waals surface area contributed by atoms with Crippen LogP contribution in [-0.2, 0) is 27.7 Å². The highest BCUT2D eigenvalue weighted by molar-refractivity contribution is 8.00. The molecule has 0 bridgehead atoms. The molecule has 3 aromatic rings.